The quantitative estimate of drug-likeness (QED) is 0.806. The monoisotopic (exact) mass is 340 g/mol. The number of amides is 1. The molecule has 0 fully saturated rings. The van der Waals surface area contributed by atoms with Gasteiger partial charge in [-0.3, -0.25) is 4.79 Å². The number of fused-ring (bicyclic) bond motifs is 1. The summed E-state index contributed by atoms with van der Waals surface area (Å²) < 4.78 is 0. The lowest BCUT2D eigenvalue weighted by atomic mass is 10.0. The van der Waals surface area contributed by atoms with Crippen molar-refractivity contribution in [2.45, 2.75) is 31.3 Å². The summed E-state index contributed by atoms with van der Waals surface area (Å²) in [6.07, 6.45) is 7.37. The van der Waals surface area contributed by atoms with Gasteiger partial charge in [-0.05, 0) is 18.2 Å². The van der Waals surface area contributed by atoms with Crippen molar-refractivity contribution in [1.82, 2.24) is 0 Å². The fourth-order valence-corrected chi connectivity index (χ4v) is 3.06. The van der Waals surface area contributed by atoms with Crippen LogP contribution in [0.3, 0.4) is 0 Å². The van der Waals surface area contributed by atoms with Gasteiger partial charge in [-0.25, -0.2) is 4.79 Å². The van der Waals surface area contributed by atoms with Gasteiger partial charge < -0.3 is 14.9 Å². The molecule has 2 aliphatic rings. The van der Waals surface area contributed by atoms with E-state index in [0.717, 1.165) is 5.69 Å². The van der Waals surface area contributed by atoms with Gasteiger partial charge in [0.25, 0.3) is 0 Å². The van der Waals surface area contributed by atoms with Crippen LogP contribution in [-0.2, 0) is 4.79 Å². The molecule has 1 amide bonds. The third-order valence-electron chi connectivity index (χ3n) is 4.68. The van der Waals surface area contributed by atoms with Crippen LogP contribution < -0.4 is 9.80 Å². The van der Waals surface area contributed by atoms with Crippen LogP contribution in [-0.4, -0.2) is 42.8 Å². The molecule has 7 heteroatoms. The molecule has 0 saturated carbocycles. The van der Waals surface area contributed by atoms with Crippen LogP contribution in [0.25, 0.3) is 0 Å². The SMILES string of the molecule is C#CCCC1(CCC(=O)N2CCN(C)c3ccc(C(=O)O)cc32)N=N1. The second kappa shape index (κ2) is 6.55. The molecule has 25 heavy (non-hydrogen) atoms. The smallest absolute Gasteiger partial charge is 0.335 e. The molecule has 1 N–H and O–H groups in total. The van der Waals surface area contributed by atoms with Gasteiger partial charge in [0.2, 0.25) is 5.91 Å². The van der Waals surface area contributed by atoms with Crippen LogP contribution >= 0.6 is 0 Å². The molecule has 2 aliphatic heterocycles. The maximum Gasteiger partial charge on any atom is 0.335 e. The Balaban J connectivity index is 1.74. The van der Waals surface area contributed by atoms with E-state index in [-0.39, 0.29) is 11.5 Å². The summed E-state index contributed by atoms with van der Waals surface area (Å²) in [5.74, 6) is 1.52. The molecule has 1 aromatic carbocycles. The molecule has 130 valence electrons. The number of carbonyl (C=O) groups is 2. The molecule has 0 spiro atoms. The highest BCUT2D eigenvalue weighted by molar-refractivity contribution is 6.00. The molecule has 0 saturated heterocycles. The first-order chi connectivity index (χ1) is 12.0. The van der Waals surface area contributed by atoms with E-state index < -0.39 is 11.6 Å². The standard InChI is InChI=1S/C18H20N4O3/c1-3-4-8-18(19-20-18)9-7-16(23)22-11-10-21(2)14-6-5-13(17(24)25)12-15(14)22/h1,5-6,12H,4,7-11H2,2H3,(H,24,25). The predicted octanol–water partition coefficient (Wildman–Crippen LogP) is 2.52. The number of nitrogens with zero attached hydrogens (tertiary/aromatic N) is 4. The molecule has 7 nitrogen and oxygen atoms in total. The molecule has 3 rings (SSSR count). The number of benzene rings is 1. The lowest BCUT2D eigenvalue weighted by Crippen LogP contribution is -2.43. The summed E-state index contributed by atoms with van der Waals surface area (Å²) in [5, 5.41) is 17.3. The lowest BCUT2D eigenvalue weighted by molar-refractivity contribution is -0.118. The van der Waals surface area contributed by atoms with E-state index in [0.29, 0.717) is 44.5 Å². The minimum atomic E-state index is -1.01. The average Bonchev–Trinajstić information content (AvgIpc) is 3.38. The Morgan fingerprint density at radius 3 is 2.68 bits per heavy atom. The number of terminal acetylenes is 1. The number of anilines is 2. The number of aromatic carboxylic acids is 1. The van der Waals surface area contributed by atoms with Crippen molar-refractivity contribution in [2.75, 3.05) is 29.9 Å². The van der Waals surface area contributed by atoms with Crippen LogP contribution in [0.5, 0.6) is 0 Å². The molecule has 0 aliphatic carbocycles. The minimum absolute atomic E-state index is 0.0470. The first kappa shape index (κ1) is 17.0. The van der Waals surface area contributed by atoms with E-state index >= 15 is 0 Å². The summed E-state index contributed by atoms with van der Waals surface area (Å²) in [6.45, 7) is 1.22. The van der Waals surface area contributed by atoms with Crippen LogP contribution in [0.15, 0.2) is 28.4 Å². The zero-order chi connectivity index (χ0) is 18.0. The number of likely N-dealkylation sites (N-methyl/N-ethyl adjacent to an activating group) is 1. The molecule has 0 atom stereocenters. The third-order valence-corrected chi connectivity index (χ3v) is 4.68. The Morgan fingerprint density at radius 1 is 1.28 bits per heavy atom. The highest BCUT2D eigenvalue weighted by Crippen LogP contribution is 2.39. The Kier molecular flexibility index (Phi) is 4.45. The normalized spacial score (nSPS) is 17.0. The van der Waals surface area contributed by atoms with Gasteiger partial charge in [0, 0.05) is 45.8 Å². The molecule has 1 aromatic rings. The minimum Gasteiger partial charge on any atom is -0.478 e. The molecular formula is C18H20N4O3. The average molecular weight is 340 g/mol. The maximum absolute atomic E-state index is 12.7. The Labute approximate surface area is 146 Å². The Hall–Kier alpha value is -2.88. The maximum atomic E-state index is 12.7. The number of hydrogen-bond acceptors (Lipinski definition) is 5. The fraction of sp³-hybridized carbons (Fsp3) is 0.444. The third kappa shape index (κ3) is 3.48. The highest BCUT2D eigenvalue weighted by atomic mass is 16.4. The molecular weight excluding hydrogens is 320 g/mol. The molecule has 0 aromatic heterocycles. The summed E-state index contributed by atoms with van der Waals surface area (Å²) in [7, 11) is 1.93. The summed E-state index contributed by atoms with van der Waals surface area (Å²) >= 11 is 0. The van der Waals surface area contributed by atoms with E-state index in [9.17, 15) is 14.7 Å². The summed E-state index contributed by atoms with van der Waals surface area (Å²) in [6, 6.07) is 4.87. The predicted molar refractivity (Wildman–Crippen MR) is 93.9 cm³/mol. The van der Waals surface area contributed by atoms with Crippen molar-refractivity contribution in [2.24, 2.45) is 10.2 Å². The molecule has 0 bridgehead atoms. The fourth-order valence-electron chi connectivity index (χ4n) is 3.06. The van der Waals surface area contributed by atoms with Crippen LogP contribution in [0.2, 0.25) is 0 Å². The summed E-state index contributed by atoms with van der Waals surface area (Å²) in [4.78, 5) is 27.7. The van der Waals surface area contributed by atoms with Crippen molar-refractivity contribution in [3.05, 3.63) is 23.8 Å². The second-order valence-electron chi connectivity index (χ2n) is 6.36. The van der Waals surface area contributed by atoms with Gasteiger partial charge in [-0.1, -0.05) is 0 Å². The number of hydrogen-bond donors (Lipinski definition) is 1. The van der Waals surface area contributed by atoms with Gasteiger partial charge in [-0.2, -0.15) is 10.2 Å². The highest BCUT2D eigenvalue weighted by Gasteiger charge is 2.40. The zero-order valence-corrected chi connectivity index (χ0v) is 14.1. The van der Waals surface area contributed by atoms with Gasteiger partial charge in [-0.15, -0.1) is 12.3 Å². The largest absolute Gasteiger partial charge is 0.478 e. The lowest BCUT2D eigenvalue weighted by Gasteiger charge is -2.36. The van der Waals surface area contributed by atoms with E-state index in [1.54, 1.807) is 23.1 Å². The Bertz CT molecular complexity index is 775. The van der Waals surface area contributed by atoms with Gasteiger partial charge in [0.15, 0.2) is 5.66 Å². The first-order valence-corrected chi connectivity index (χ1v) is 8.22. The Morgan fingerprint density at radius 2 is 2.04 bits per heavy atom. The topological polar surface area (TPSA) is 85.6 Å². The van der Waals surface area contributed by atoms with Crippen LogP contribution in [0, 0.1) is 12.3 Å². The van der Waals surface area contributed by atoms with Crippen molar-refractivity contribution in [3.8, 4) is 12.3 Å². The number of carbonyl (C=O) groups excluding carboxylic acids is 1. The van der Waals surface area contributed by atoms with E-state index in [1.807, 2.05) is 11.9 Å². The summed E-state index contributed by atoms with van der Waals surface area (Å²) in [5.41, 5.74) is 1.18. The molecule has 0 unspecified atom stereocenters. The van der Waals surface area contributed by atoms with Crippen molar-refractivity contribution in [1.29, 1.82) is 0 Å². The van der Waals surface area contributed by atoms with Crippen molar-refractivity contribution >= 4 is 23.3 Å². The van der Waals surface area contributed by atoms with Gasteiger partial charge >= 0.3 is 5.97 Å². The van der Waals surface area contributed by atoms with Crippen molar-refractivity contribution in [3.63, 3.8) is 0 Å². The van der Waals surface area contributed by atoms with Gasteiger partial charge in [0.1, 0.15) is 0 Å². The van der Waals surface area contributed by atoms with Gasteiger partial charge in [0.05, 0.1) is 16.9 Å². The van der Waals surface area contributed by atoms with E-state index in [4.69, 9.17) is 6.42 Å². The second-order valence-corrected chi connectivity index (χ2v) is 6.36. The number of rotatable bonds is 6. The van der Waals surface area contributed by atoms with E-state index in [1.165, 1.54) is 0 Å². The number of carboxylic acids is 1. The first-order valence-electron chi connectivity index (χ1n) is 8.22. The van der Waals surface area contributed by atoms with Crippen molar-refractivity contribution < 1.29 is 14.7 Å². The van der Waals surface area contributed by atoms with Crippen LogP contribution in [0.4, 0.5) is 11.4 Å². The zero-order valence-electron chi connectivity index (χ0n) is 14.1. The molecule has 0 radical (unpaired) electrons. The number of carboxylic acid groups (broad SMARTS) is 1. The van der Waals surface area contributed by atoms with Crippen LogP contribution in [0.1, 0.15) is 36.0 Å². The molecule has 2 heterocycles. The van der Waals surface area contributed by atoms with E-state index in [2.05, 4.69) is 16.1 Å².